The highest BCUT2D eigenvalue weighted by Crippen LogP contribution is 2.24. The molecule has 2 atom stereocenters. The van der Waals surface area contributed by atoms with Crippen molar-refractivity contribution >= 4 is 11.8 Å². The summed E-state index contributed by atoms with van der Waals surface area (Å²) in [5, 5.41) is 2.94. The van der Waals surface area contributed by atoms with E-state index in [9.17, 15) is 9.59 Å². The Morgan fingerprint density at radius 1 is 1.22 bits per heavy atom. The van der Waals surface area contributed by atoms with Crippen LogP contribution in [-0.4, -0.2) is 53.3 Å². The van der Waals surface area contributed by atoms with E-state index in [1.54, 1.807) is 0 Å². The van der Waals surface area contributed by atoms with E-state index in [0.29, 0.717) is 13.1 Å². The summed E-state index contributed by atoms with van der Waals surface area (Å²) in [5.41, 5.74) is 2.59. The van der Waals surface area contributed by atoms with Crippen LogP contribution in [0.25, 0.3) is 0 Å². The number of aryl methyl sites for hydroxylation is 1. The van der Waals surface area contributed by atoms with Crippen LogP contribution in [0.3, 0.4) is 0 Å². The molecule has 0 saturated carbocycles. The average Bonchev–Trinajstić information content (AvgIpc) is 2.90. The third-order valence-electron chi connectivity index (χ3n) is 4.81. The number of piperazine rings is 1. The first-order valence-electron chi connectivity index (χ1n) is 8.42. The third-order valence-corrected chi connectivity index (χ3v) is 4.81. The molecule has 0 radical (unpaired) electrons. The molecule has 0 aromatic heterocycles. The molecule has 0 unspecified atom stereocenters. The Bertz CT molecular complexity index is 584. The van der Waals surface area contributed by atoms with Crippen molar-refractivity contribution < 1.29 is 9.59 Å². The molecule has 1 aromatic carbocycles. The van der Waals surface area contributed by atoms with E-state index >= 15 is 0 Å². The maximum Gasteiger partial charge on any atom is 0.237 e. The molecule has 2 saturated heterocycles. The Hall–Kier alpha value is -1.88. The van der Waals surface area contributed by atoms with Crippen LogP contribution in [0.1, 0.15) is 31.4 Å². The fourth-order valence-electron chi connectivity index (χ4n) is 3.69. The molecule has 1 aromatic rings. The molecule has 124 valence electrons. The van der Waals surface area contributed by atoms with Crippen molar-refractivity contribution in [1.82, 2.24) is 15.1 Å². The third kappa shape index (κ3) is 3.72. The summed E-state index contributed by atoms with van der Waals surface area (Å²) in [7, 11) is 0. The van der Waals surface area contributed by atoms with E-state index in [1.165, 1.54) is 18.1 Å². The zero-order valence-electron chi connectivity index (χ0n) is 13.9. The summed E-state index contributed by atoms with van der Waals surface area (Å²) >= 11 is 0. The van der Waals surface area contributed by atoms with Crippen molar-refractivity contribution in [3.63, 3.8) is 0 Å². The highest BCUT2D eigenvalue weighted by molar-refractivity contribution is 5.80. The smallest absolute Gasteiger partial charge is 0.237 e. The van der Waals surface area contributed by atoms with Crippen LogP contribution in [0, 0.1) is 0 Å². The van der Waals surface area contributed by atoms with Crippen LogP contribution in [0.15, 0.2) is 24.3 Å². The van der Waals surface area contributed by atoms with Gasteiger partial charge in [-0.1, -0.05) is 31.2 Å². The number of benzene rings is 1. The van der Waals surface area contributed by atoms with Gasteiger partial charge in [0.2, 0.25) is 11.8 Å². The number of rotatable bonds is 4. The van der Waals surface area contributed by atoms with Gasteiger partial charge in [-0.3, -0.25) is 14.5 Å². The summed E-state index contributed by atoms with van der Waals surface area (Å²) in [6, 6.07) is 8.97. The van der Waals surface area contributed by atoms with E-state index in [2.05, 4.69) is 41.4 Å². The molecule has 3 rings (SSSR count). The van der Waals surface area contributed by atoms with E-state index in [4.69, 9.17) is 0 Å². The average molecular weight is 315 g/mol. The van der Waals surface area contributed by atoms with Crippen molar-refractivity contribution in [2.45, 2.75) is 45.3 Å². The first kappa shape index (κ1) is 16.0. The van der Waals surface area contributed by atoms with Gasteiger partial charge in [-0.2, -0.15) is 0 Å². The lowest BCUT2D eigenvalue weighted by Crippen LogP contribution is -2.53. The Labute approximate surface area is 137 Å². The molecule has 5 nitrogen and oxygen atoms in total. The number of hydrogen-bond acceptors (Lipinski definition) is 3. The fourth-order valence-corrected chi connectivity index (χ4v) is 3.69. The van der Waals surface area contributed by atoms with E-state index in [0.717, 1.165) is 25.9 Å². The molecular weight excluding hydrogens is 290 g/mol. The molecule has 2 heterocycles. The molecule has 23 heavy (non-hydrogen) atoms. The SMILES string of the molecule is CCc1ccc(CN2CC(=O)N3C[C@@H](NC(C)=O)C[C@H]3C2)cc1. The Morgan fingerprint density at radius 3 is 2.57 bits per heavy atom. The van der Waals surface area contributed by atoms with Crippen LogP contribution < -0.4 is 5.32 Å². The monoisotopic (exact) mass is 315 g/mol. The minimum absolute atomic E-state index is 0.0184. The Kier molecular flexibility index (Phi) is 4.66. The summed E-state index contributed by atoms with van der Waals surface area (Å²) in [6.45, 7) is 6.51. The molecule has 2 aliphatic rings. The fraction of sp³-hybridized carbons (Fsp3) is 0.556. The van der Waals surface area contributed by atoms with Gasteiger partial charge in [-0.15, -0.1) is 0 Å². The first-order valence-corrected chi connectivity index (χ1v) is 8.42. The van der Waals surface area contributed by atoms with Crippen molar-refractivity contribution in [2.75, 3.05) is 19.6 Å². The lowest BCUT2D eigenvalue weighted by atomic mass is 10.1. The molecule has 2 amide bonds. The van der Waals surface area contributed by atoms with Crippen molar-refractivity contribution in [3.05, 3.63) is 35.4 Å². The summed E-state index contributed by atoms with van der Waals surface area (Å²) < 4.78 is 0. The van der Waals surface area contributed by atoms with E-state index < -0.39 is 0 Å². The highest BCUT2D eigenvalue weighted by atomic mass is 16.2. The molecule has 5 heteroatoms. The maximum absolute atomic E-state index is 12.4. The zero-order valence-corrected chi connectivity index (χ0v) is 13.9. The molecular formula is C18H25N3O2. The largest absolute Gasteiger partial charge is 0.352 e. The topological polar surface area (TPSA) is 52.7 Å². The zero-order chi connectivity index (χ0) is 16.4. The van der Waals surface area contributed by atoms with Crippen LogP contribution in [0.5, 0.6) is 0 Å². The Balaban J connectivity index is 1.61. The highest BCUT2D eigenvalue weighted by Gasteiger charge is 2.40. The van der Waals surface area contributed by atoms with Crippen molar-refractivity contribution in [2.24, 2.45) is 0 Å². The normalized spacial score (nSPS) is 24.6. The molecule has 2 fully saturated rings. The van der Waals surface area contributed by atoms with Gasteiger partial charge in [0.05, 0.1) is 6.54 Å². The van der Waals surface area contributed by atoms with Gasteiger partial charge in [0.1, 0.15) is 0 Å². The van der Waals surface area contributed by atoms with Gasteiger partial charge in [0.15, 0.2) is 0 Å². The van der Waals surface area contributed by atoms with Crippen LogP contribution in [0.4, 0.5) is 0 Å². The number of fused-ring (bicyclic) bond motifs is 1. The second-order valence-electron chi connectivity index (χ2n) is 6.67. The molecule has 1 N–H and O–H groups in total. The molecule has 0 bridgehead atoms. The maximum atomic E-state index is 12.4. The first-order chi connectivity index (χ1) is 11.0. The standard InChI is InChI=1S/C18H25N3O2/c1-3-14-4-6-15(7-5-14)9-20-11-17-8-16(19-13(2)22)10-21(17)18(23)12-20/h4-7,16-17H,3,8-12H2,1-2H3,(H,19,22)/t16-,17-/m0/s1. The van der Waals surface area contributed by atoms with Gasteiger partial charge < -0.3 is 10.2 Å². The molecule has 2 aliphatic heterocycles. The number of nitrogens with one attached hydrogen (secondary N) is 1. The summed E-state index contributed by atoms with van der Waals surface area (Å²) in [6.07, 6.45) is 1.90. The second kappa shape index (κ2) is 6.71. The van der Waals surface area contributed by atoms with E-state index in [-0.39, 0.29) is 23.9 Å². The minimum atomic E-state index is -0.0184. The van der Waals surface area contributed by atoms with Gasteiger partial charge in [-0.05, 0) is 24.0 Å². The molecule has 0 spiro atoms. The van der Waals surface area contributed by atoms with Gasteiger partial charge in [0.25, 0.3) is 0 Å². The number of amides is 2. The number of nitrogens with zero attached hydrogens (tertiary/aromatic N) is 2. The quantitative estimate of drug-likeness (QED) is 0.907. The van der Waals surface area contributed by atoms with Gasteiger partial charge in [0, 0.05) is 38.6 Å². The summed E-state index contributed by atoms with van der Waals surface area (Å²) in [4.78, 5) is 27.8. The van der Waals surface area contributed by atoms with E-state index in [1.807, 2.05) is 4.90 Å². The lowest BCUT2D eigenvalue weighted by Gasteiger charge is -2.36. The lowest BCUT2D eigenvalue weighted by molar-refractivity contribution is -0.138. The van der Waals surface area contributed by atoms with Crippen molar-refractivity contribution in [1.29, 1.82) is 0 Å². The number of carbonyl (C=O) groups is 2. The predicted octanol–water partition coefficient (Wildman–Crippen LogP) is 1.17. The van der Waals surface area contributed by atoms with Crippen LogP contribution in [0.2, 0.25) is 0 Å². The van der Waals surface area contributed by atoms with Gasteiger partial charge in [-0.25, -0.2) is 0 Å². The second-order valence-corrected chi connectivity index (χ2v) is 6.67. The predicted molar refractivity (Wildman–Crippen MR) is 88.8 cm³/mol. The van der Waals surface area contributed by atoms with Crippen LogP contribution >= 0.6 is 0 Å². The minimum Gasteiger partial charge on any atom is -0.352 e. The van der Waals surface area contributed by atoms with Gasteiger partial charge >= 0.3 is 0 Å². The van der Waals surface area contributed by atoms with Crippen LogP contribution in [-0.2, 0) is 22.6 Å². The molecule has 0 aliphatic carbocycles. The number of hydrogen-bond donors (Lipinski definition) is 1. The summed E-state index contributed by atoms with van der Waals surface area (Å²) in [5.74, 6) is 0.162. The number of carbonyl (C=O) groups excluding carboxylic acids is 2. The Morgan fingerprint density at radius 2 is 1.91 bits per heavy atom. The van der Waals surface area contributed by atoms with Crippen molar-refractivity contribution in [3.8, 4) is 0 Å².